The molecule has 0 bridgehead atoms. The number of pyridine rings is 1. The second-order valence-electron chi connectivity index (χ2n) is 6.24. The number of unbranched alkanes of at least 4 members (excludes halogenated alkanes) is 2. The van der Waals surface area contributed by atoms with E-state index in [4.69, 9.17) is 0 Å². The Labute approximate surface area is 143 Å². The number of benzene rings is 2. The van der Waals surface area contributed by atoms with Crippen LogP contribution in [0.5, 0.6) is 0 Å². The minimum Gasteiger partial charge on any atom is -0.308 e. The predicted molar refractivity (Wildman–Crippen MR) is 103 cm³/mol. The monoisotopic (exact) mass is 319 g/mol. The van der Waals surface area contributed by atoms with E-state index in [1.54, 1.807) is 0 Å². The molecular weight excluding hydrogens is 294 g/mol. The summed E-state index contributed by atoms with van der Waals surface area (Å²) in [5, 5.41) is 1.18. The van der Waals surface area contributed by atoms with E-state index in [9.17, 15) is 4.79 Å². The van der Waals surface area contributed by atoms with Gasteiger partial charge in [-0.15, -0.1) is 0 Å². The van der Waals surface area contributed by atoms with Crippen LogP contribution in [0, 0.1) is 0 Å². The zero-order chi connectivity index (χ0) is 16.9. The average molecular weight is 319 g/mol. The summed E-state index contributed by atoms with van der Waals surface area (Å²) < 4.78 is 1.92. The van der Waals surface area contributed by atoms with Gasteiger partial charge < -0.3 is 4.57 Å². The summed E-state index contributed by atoms with van der Waals surface area (Å²) in [5.41, 5.74) is 4.43. The van der Waals surface area contributed by atoms with E-state index in [2.05, 4.69) is 37.3 Å². The number of aromatic nitrogens is 1. The van der Waals surface area contributed by atoms with Gasteiger partial charge in [-0.1, -0.05) is 68.3 Å². The molecule has 0 radical (unpaired) electrons. The lowest BCUT2D eigenvalue weighted by molar-refractivity contribution is 0.696. The van der Waals surface area contributed by atoms with Gasteiger partial charge in [0, 0.05) is 17.5 Å². The highest BCUT2D eigenvalue weighted by Gasteiger charge is 2.16. The standard InChI is InChI=1S/C22H25NO/c1-3-5-7-15-19-21(17-12-8-6-9-13-17)18-14-10-11-16-20(18)23(4-2)22(19)24/h6,8-14,16H,3-5,7,15H2,1-2H3. The van der Waals surface area contributed by atoms with E-state index in [0.29, 0.717) is 6.54 Å². The van der Waals surface area contributed by atoms with E-state index in [1.165, 1.54) is 5.39 Å². The molecule has 0 atom stereocenters. The van der Waals surface area contributed by atoms with E-state index < -0.39 is 0 Å². The zero-order valence-electron chi connectivity index (χ0n) is 14.6. The number of para-hydroxylation sites is 1. The van der Waals surface area contributed by atoms with Crippen LogP contribution in [0.1, 0.15) is 38.7 Å². The Balaban J connectivity index is 2.33. The van der Waals surface area contributed by atoms with Gasteiger partial charge in [0.2, 0.25) is 0 Å². The van der Waals surface area contributed by atoms with Gasteiger partial charge in [0.1, 0.15) is 0 Å². The Bertz CT molecular complexity index is 878. The number of rotatable bonds is 6. The van der Waals surface area contributed by atoms with Crippen LogP contribution in [-0.4, -0.2) is 4.57 Å². The van der Waals surface area contributed by atoms with Crippen molar-refractivity contribution in [1.29, 1.82) is 0 Å². The maximum atomic E-state index is 13.2. The molecule has 0 aliphatic carbocycles. The highest BCUT2D eigenvalue weighted by molar-refractivity contribution is 5.96. The van der Waals surface area contributed by atoms with E-state index in [1.807, 2.05) is 35.8 Å². The molecule has 0 fully saturated rings. The SMILES string of the molecule is CCCCCc1c(-c2ccccc2)c2ccccc2n(CC)c1=O. The van der Waals surface area contributed by atoms with Crippen molar-refractivity contribution >= 4 is 10.9 Å². The summed E-state index contributed by atoms with van der Waals surface area (Å²) in [7, 11) is 0. The third-order valence-corrected chi connectivity index (χ3v) is 4.68. The predicted octanol–water partition coefficient (Wildman–Crippen LogP) is 5.42. The highest BCUT2D eigenvalue weighted by atomic mass is 16.1. The Hall–Kier alpha value is -2.35. The Morgan fingerprint density at radius 3 is 2.29 bits per heavy atom. The fourth-order valence-electron chi connectivity index (χ4n) is 3.49. The van der Waals surface area contributed by atoms with Gasteiger partial charge in [0.25, 0.3) is 5.56 Å². The molecule has 0 amide bonds. The van der Waals surface area contributed by atoms with Crippen molar-refractivity contribution in [2.75, 3.05) is 0 Å². The van der Waals surface area contributed by atoms with Crippen LogP contribution in [0.15, 0.2) is 59.4 Å². The van der Waals surface area contributed by atoms with Gasteiger partial charge in [-0.25, -0.2) is 0 Å². The molecule has 0 saturated heterocycles. The van der Waals surface area contributed by atoms with Gasteiger partial charge in [0.05, 0.1) is 5.52 Å². The molecule has 3 rings (SSSR count). The molecule has 0 saturated carbocycles. The molecule has 0 aliphatic heterocycles. The zero-order valence-corrected chi connectivity index (χ0v) is 14.6. The van der Waals surface area contributed by atoms with Crippen LogP contribution in [0.2, 0.25) is 0 Å². The first-order valence-corrected chi connectivity index (χ1v) is 8.97. The number of hydrogen-bond acceptors (Lipinski definition) is 1. The molecule has 24 heavy (non-hydrogen) atoms. The van der Waals surface area contributed by atoms with Crippen molar-refractivity contribution in [2.24, 2.45) is 0 Å². The average Bonchev–Trinajstić information content (AvgIpc) is 2.63. The lowest BCUT2D eigenvalue weighted by Crippen LogP contribution is -2.24. The topological polar surface area (TPSA) is 22.0 Å². The second-order valence-corrected chi connectivity index (χ2v) is 6.24. The fraction of sp³-hybridized carbons (Fsp3) is 0.318. The fourth-order valence-corrected chi connectivity index (χ4v) is 3.49. The number of nitrogens with zero attached hydrogens (tertiary/aromatic N) is 1. The van der Waals surface area contributed by atoms with Crippen LogP contribution in [0.25, 0.3) is 22.0 Å². The molecule has 0 N–H and O–H groups in total. The minimum atomic E-state index is 0.172. The van der Waals surface area contributed by atoms with Crippen molar-refractivity contribution in [3.63, 3.8) is 0 Å². The van der Waals surface area contributed by atoms with E-state index in [-0.39, 0.29) is 5.56 Å². The Morgan fingerprint density at radius 1 is 0.875 bits per heavy atom. The molecule has 1 aromatic heterocycles. The van der Waals surface area contributed by atoms with Gasteiger partial charge in [-0.2, -0.15) is 0 Å². The lowest BCUT2D eigenvalue weighted by atomic mass is 9.93. The molecule has 0 spiro atoms. The van der Waals surface area contributed by atoms with Gasteiger partial charge in [-0.05, 0) is 37.0 Å². The molecule has 3 aromatic rings. The lowest BCUT2D eigenvalue weighted by Gasteiger charge is -2.17. The number of hydrogen-bond donors (Lipinski definition) is 0. The Kier molecular flexibility index (Phi) is 5.14. The third-order valence-electron chi connectivity index (χ3n) is 4.68. The van der Waals surface area contributed by atoms with Gasteiger partial charge >= 0.3 is 0 Å². The second kappa shape index (κ2) is 7.48. The molecule has 124 valence electrons. The number of aryl methyl sites for hydroxylation is 1. The maximum absolute atomic E-state index is 13.2. The largest absolute Gasteiger partial charge is 0.308 e. The van der Waals surface area contributed by atoms with E-state index >= 15 is 0 Å². The number of fused-ring (bicyclic) bond motifs is 1. The van der Waals surface area contributed by atoms with Crippen LogP contribution in [0.3, 0.4) is 0 Å². The first kappa shape index (κ1) is 16.5. The Morgan fingerprint density at radius 2 is 1.58 bits per heavy atom. The summed E-state index contributed by atoms with van der Waals surface area (Å²) in [4.78, 5) is 13.2. The van der Waals surface area contributed by atoms with Crippen LogP contribution >= 0.6 is 0 Å². The molecule has 2 nitrogen and oxygen atoms in total. The van der Waals surface area contributed by atoms with Crippen molar-refractivity contribution in [1.82, 2.24) is 4.57 Å². The van der Waals surface area contributed by atoms with Crippen molar-refractivity contribution in [2.45, 2.75) is 46.1 Å². The molecule has 0 unspecified atom stereocenters. The molecule has 2 heteroatoms. The van der Waals surface area contributed by atoms with Crippen LogP contribution in [-0.2, 0) is 13.0 Å². The third kappa shape index (κ3) is 3.01. The molecule has 0 aliphatic rings. The van der Waals surface area contributed by atoms with Crippen LogP contribution < -0.4 is 5.56 Å². The van der Waals surface area contributed by atoms with E-state index in [0.717, 1.165) is 47.9 Å². The first-order chi connectivity index (χ1) is 11.8. The normalized spacial score (nSPS) is 11.1. The van der Waals surface area contributed by atoms with Crippen molar-refractivity contribution in [3.8, 4) is 11.1 Å². The molecule has 2 aromatic carbocycles. The maximum Gasteiger partial charge on any atom is 0.254 e. The van der Waals surface area contributed by atoms with Gasteiger partial charge in [-0.3, -0.25) is 4.79 Å². The smallest absolute Gasteiger partial charge is 0.254 e. The van der Waals surface area contributed by atoms with Crippen molar-refractivity contribution in [3.05, 3.63) is 70.5 Å². The molecular formula is C22H25NO. The summed E-state index contributed by atoms with van der Waals surface area (Å²) >= 11 is 0. The quantitative estimate of drug-likeness (QED) is 0.556. The summed E-state index contributed by atoms with van der Waals surface area (Å²) in [6.07, 6.45) is 4.23. The molecule has 1 heterocycles. The highest BCUT2D eigenvalue weighted by Crippen LogP contribution is 2.31. The first-order valence-electron chi connectivity index (χ1n) is 8.97. The summed E-state index contributed by atoms with van der Waals surface area (Å²) in [6, 6.07) is 18.6. The summed E-state index contributed by atoms with van der Waals surface area (Å²) in [6.45, 7) is 4.95. The van der Waals surface area contributed by atoms with Crippen LogP contribution in [0.4, 0.5) is 0 Å². The summed E-state index contributed by atoms with van der Waals surface area (Å²) in [5.74, 6) is 0. The van der Waals surface area contributed by atoms with Crippen molar-refractivity contribution < 1.29 is 0 Å². The minimum absolute atomic E-state index is 0.172. The van der Waals surface area contributed by atoms with Gasteiger partial charge in [0.15, 0.2) is 0 Å².